The van der Waals surface area contributed by atoms with Gasteiger partial charge in [0, 0.05) is 0 Å². The summed E-state index contributed by atoms with van der Waals surface area (Å²) in [6.45, 7) is 6.57. The number of halogens is 1. The van der Waals surface area contributed by atoms with E-state index in [0.717, 1.165) is 0 Å². The summed E-state index contributed by atoms with van der Waals surface area (Å²) in [6.07, 6.45) is 8.63. The smallest absolute Gasteiger partial charge is 0.0784 e. The van der Waals surface area contributed by atoms with E-state index < -0.39 is 0 Å². The van der Waals surface area contributed by atoms with Crippen molar-refractivity contribution in [2.45, 2.75) is 45.4 Å². The molecule has 0 N–H and O–H groups in total. The first kappa shape index (κ1) is 13.7. The molecule has 13 heavy (non-hydrogen) atoms. The molecule has 1 rings (SSSR count). The first-order valence-electron chi connectivity index (χ1n) is 5.60. The maximum absolute atomic E-state index is 2.45. The van der Waals surface area contributed by atoms with E-state index in [9.17, 15) is 0 Å². The van der Waals surface area contributed by atoms with Crippen LogP contribution in [0.25, 0.3) is 0 Å². The molecule has 0 atom stereocenters. The molecule has 1 aliphatic rings. The standard InChI is InChI=1S/C11H24N.HI/c1-3-4-9-12(2)10-7-5-6-8-11-12;/h3-11H2,1-2H3;1H/q+1;. The fourth-order valence-corrected chi connectivity index (χ4v) is 2.22. The second-order valence-electron chi connectivity index (χ2n) is 4.56. The van der Waals surface area contributed by atoms with Gasteiger partial charge in [-0.15, -0.1) is 24.0 Å². The van der Waals surface area contributed by atoms with Crippen LogP contribution in [0.4, 0.5) is 0 Å². The third-order valence-electron chi connectivity index (χ3n) is 3.20. The second-order valence-corrected chi connectivity index (χ2v) is 4.56. The molecule has 2 heteroatoms. The third kappa shape index (κ3) is 5.21. The zero-order valence-electron chi connectivity index (χ0n) is 9.22. The summed E-state index contributed by atoms with van der Waals surface area (Å²) in [7, 11) is 2.45. The maximum atomic E-state index is 2.45. The molecule has 0 aromatic carbocycles. The topological polar surface area (TPSA) is 0 Å². The van der Waals surface area contributed by atoms with Crippen LogP contribution in [0.1, 0.15) is 45.4 Å². The molecule has 0 saturated carbocycles. The van der Waals surface area contributed by atoms with Crippen molar-refractivity contribution in [3.63, 3.8) is 0 Å². The van der Waals surface area contributed by atoms with Crippen molar-refractivity contribution in [2.75, 3.05) is 26.7 Å². The maximum Gasteiger partial charge on any atom is 0.0784 e. The molecule has 1 aliphatic heterocycles. The monoisotopic (exact) mass is 298 g/mol. The summed E-state index contributed by atoms with van der Waals surface area (Å²) in [4.78, 5) is 0. The average molecular weight is 298 g/mol. The average Bonchev–Trinajstić information content (AvgIpc) is 2.27. The fourth-order valence-electron chi connectivity index (χ4n) is 2.22. The largest absolute Gasteiger partial charge is 0.326 e. The van der Waals surface area contributed by atoms with Gasteiger partial charge in [0.15, 0.2) is 0 Å². The van der Waals surface area contributed by atoms with E-state index in [0.29, 0.717) is 0 Å². The molecule has 0 bridgehead atoms. The number of nitrogens with zero attached hydrogens (tertiary/aromatic N) is 1. The molecular weight excluding hydrogens is 273 g/mol. The number of likely N-dealkylation sites (tertiary alicyclic amines) is 1. The van der Waals surface area contributed by atoms with Gasteiger partial charge in [0.2, 0.25) is 0 Å². The molecule has 0 aliphatic carbocycles. The molecule has 1 nitrogen and oxygen atoms in total. The Morgan fingerprint density at radius 3 is 2.00 bits per heavy atom. The van der Waals surface area contributed by atoms with E-state index >= 15 is 0 Å². The highest BCUT2D eigenvalue weighted by Crippen LogP contribution is 2.16. The first-order chi connectivity index (χ1) is 5.77. The van der Waals surface area contributed by atoms with Crippen LogP contribution in [0.15, 0.2) is 0 Å². The highest BCUT2D eigenvalue weighted by molar-refractivity contribution is 14.0. The number of hydrogen-bond acceptors (Lipinski definition) is 0. The predicted octanol–water partition coefficient (Wildman–Crippen LogP) is 3.43. The number of quaternary nitrogens is 1. The summed E-state index contributed by atoms with van der Waals surface area (Å²) in [5.41, 5.74) is 0. The van der Waals surface area contributed by atoms with Crippen LogP contribution >= 0.6 is 24.0 Å². The Morgan fingerprint density at radius 2 is 1.54 bits per heavy atom. The van der Waals surface area contributed by atoms with Gasteiger partial charge in [0.05, 0.1) is 26.7 Å². The van der Waals surface area contributed by atoms with E-state index in [4.69, 9.17) is 0 Å². The summed E-state index contributed by atoms with van der Waals surface area (Å²) < 4.78 is 1.36. The zero-order chi connectivity index (χ0) is 8.86. The van der Waals surface area contributed by atoms with Crippen LogP contribution in [0, 0.1) is 0 Å². The van der Waals surface area contributed by atoms with Crippen LogP contribution in [0.2, 0.25) is 0 Å². The van der Waals surface area contributed by atoms with Gasteiger partial charge < -0.3 is 4.48 Å². The van der Waals surface area contributed by atoms with Crippen LogP contribution in [-0.4, -0.2) is 31.2 Å². The van der Waals surface area contributed by atoms with Gasteiger partial charge in [0.25, 0.3) is 0 Å². The van der Waals surface area contributed by atoms with Gasteiger partial charge in [-0.2, -0.15) is 0 Å². The van der Waals surface area contributed by atoms with E-state index in [1.807, 2.05) is 0 Å². The fraction of sp³-hybridized carbons (Fsp3) is 1.00. The van der Waals surface area contributed by atoms with Crippen LogP contribution in [0.5, 0.6) is 0 Å². The Kier molecular flexibility index (Phi) is 7.42. The minimum atomic E-state index is 0. The van der Waals surface area contributed by atoms with E-state index in [-0.39, 0.29) is 24.0 Å². The lowest BCUT2D eigenvalue weighted by molar-refractivity contribution is -0.909. The minimum absolute atomic E-state index is 0. The van der Waals surface area contributed by atoms with Crippen LogP contribution < -0.4 is 0 Å². The van der Waals surface area contributed by atoms with E-state index in [1.165, 1.54) is 62.6 Å². The summed E-state index contributed by atoms with van der Waals surface area (Å²) >= 11 is 0. The molecule has 1 saturated heterocycles. The molecule has 0 spiro atoms. The number of hydrogen-bond donors (Lipinski definition) is 0. The van der Waals surface area contributed by atoms with Gasteiger partial charge in [0.1, 0.15) is 0 Å². The van der Waals surface area contributed by atoms with Crippen molar-refractivity contribution in [3.8, 4) is 0 Å². The summed E-state index contributed by atoms with van der Waals surface area (Å²) in [6, 6.07) is 0. The van der Waals surface area contributed by atoms with Gasteiger partial charge in [-0.3, -0.25) is 0 Å². The van der Waals surface area contributed by atoms with Gasteiger partial charge in [-0.1, -0.05) is 13.3 Å². The molecule has 1 heterocycles. The highest BCUT2D eigenvalue weighted by atomic mass is 127. The van der Waals surface area contributed by atoms with Crippen molar-refractivity contribution in [1.82, 2.24) is 0 Å². The molecule has 0 amide bonds. The lowest BCUT2D eigenvalue weighted by Gasteiger charge is -2.33. The molecule has 80 valence electrons. The van der Waals surface area contributed by atoms with E-state index in [2.05, 4.69) is 14.0 Å². The SMILES string of the molecule is CCCC[N+]1(C)CCCCCC1.I. The summed E-state index contributed by atoms with van der Waals surface area (Å²) in [5, 5.41) is 0. The zero-order valence-corrected chi connectivity index (χ0v) is 11.5. The Hall–Kier alpha value is 0.690. The highest BCUT2D eigenvalue weighted by Gasteiger charge is 2.21. The van der Waals surface area contributed by atoms with E-state index in [1.54, 1.807) is 0 Å². The molecular formula is C11H25IN+. The number of rotatable bonds is 3. The van der Waals surface area contributed by atoms with Gasteiger partial charge in [-0.25, -0.2) is 0 Å². The normalized spacial score (nSPS) is 21.7. The Labute approximate surface area is 100 Å². The van der Waals surface area contributed by atoms with Crippen molar-refractivity contribution in [2.24, 2.45) is 0 Å². The molecule has 0 aromatic rings. The second kappa shape index (κ2) is 7.04. The lowest BCUT2D eigenvalue weighted by atomic mass is 10.2. The Balaban J connectivity index is 0.00000144. The van der Waals surface area contributed by atoms with Crippen LogP contribution in [0.3, 0.4) is 0 Å². The Morgan fingerprint density at radius 1 is 1.00 bits per heavy atom. The third-order valence-corrected chi connectivity index (χ3v) is 3.20. The molecule has 1 fully saturated rings. The molecule has 0 unspecified atom stereocenters. The van der Waals surface area contributed by atoms with Gasteiger partial charge in [-0.05, 0) is 32.1 Å². The molecule has 0 aromatic heterocycles. The van der Waals surface area contributed by atoms with Gasteiger partial charge >= 0.3 is 0 Å². The van der Waals surface area contributed by atoms with Crippen LogP contribution in [-0.2, 0) is 0 Å². The minimum Gasteiger partial charge on any atom is -0.326 e. The van der Waals surface area contributed by atoms with Crippen molar-refractivity contribution in [3.05, 3.63) is 0 Å². The first-order valence-corrected chi connectivity index (χ1v) is 5.60. The van der Waals surface area contributed by atoms with Crippen molar-refractivity contribution >= 4 is 24.0 Å². The number of unbranched alkanes of at least 4 members (excludes halogenated alkanes) is 1. The van der Waals surface area contributed by atoms with Crippen molar-refractivity contribution < 1.29 is 4.48 Å². The predicted molar refractivity (Wildman–Crippen MR) is 69.6 cm³/mol. The summed E-state index contributed by atoms with van der Waals surface area (Å²) in [5.74, 6) is 0. The van der Waals surface area contributed by atoms with Crippen molar-refractivity contribution in [1.29, 1.82) is 0 Å². The molecule has 0 radical (unpaired) electrons. The quantitative estimate of drug-likeness (QED) is 0.553. The Bertz CT molecular complexity index is 117. The lowest BCUT2D eigenvalue weighted by Crippen LogP contribution is -2.45.